The Kier molecular flexibility index (Phi) is 8.48. The van der Waals surface area contributed by atoms with E-state index in [1.54, 1.807) is 11.8 Å². The van der Waals surface area contributed by atoms with Crippen LogP contribution in [-0.4, -0.2) is 53.2 Å². The summed E-state index contributed by atoms with van der Waals surface area (Å²) < 4.78 is 10.7. The Morgan fingerprint density at radius 1 is 1.14 bits per heavy atom. The molecule has 0 bridgehead atoms. The monoisotopic (exact) mass is 497 g/mol. The zero-order valence-corrected chi connectivity index (χ0v) is 22.0. The van der Waals surface area contributed by atoms with E-state index in [0.29, 0.717) is 29.1 Å². The summed E-state index contributed by atoms with van der Waals surface area (Å²) in [7, 11) is 0. The van der Waals surface area contributed by atoms with Crippen LogP contribution in [0.3, 0.4) is 0 Å². The van der Waals surface area contributed by atoms with E-state index in [1.165, 1.54) is 11.3 Å². The molecule has 1 unspecified atom stereocenters. The van der Waals surface area contributed by atoms with Gasteiger partial charge < -0.3 is 19.8 Å². The lowest BCUT2D eigenvalue weighted by Gasteiger charge is -2.37. The van der Waals surface area contributed by atoms with Crippen molar-refractivity contribution in [1.29, 1.82) is 10.8 Å². The van der Waals surface area contributed by atoms with Gasteiger partial charge in [-0.05, 0) is 65.5 Å². The highest BCUT2D eigenvalue weighted by molar-refractivity contribution is 7.18. The van der Waals surface area contributed by atoms with Crippen LogP contribution >= 0.6 is 11.3 Å². The van der Waals surface area contributed by atoms with Gasteiger partial charge in [0.15, 0.2) is 5.71 Å². The SMILES string of the molecule is CCOC(=O)C(=N)c1sc(-c2ccc(C)cc2)cc1C(=N)CC1CCCCN1C(=O)OC(C)(C)C. The number of rotatable bonds is 7. The number of carbonyl (C=O) groups is 2. The molecule has 2 aromatic rings. The Hall–Kier alpha value is -3.00. The Morgan fingerprint density at radius 2 is 1.83 bits per heavy atom. The number of likely N-dealkylation sites (tertiary alicyclic amines) is 1. The molecule has 1 aliphatic heterocycles. The van der Waals surface area contributed by atoms with Gasteiger partial charge in [-0.15, -0.1) is 11.3 Å². The molecule has 0 aliphatic carbocycles. The number of esters is 1. The van der Waals surface area contributed by atoms with Crippen molar-refractivity contribution in [2.24, 2.45) is 0 Å². The van der Waals surface area contributed by atoms with Gasteiger partial charge in [0.25, 0.3) is 0 Å². The zero-order valence-electron chi connectivity index (χ0n) is 21.2. The fourth-order valence-electron chi connectivity index (χ4n) is 4.08. The van der Waals surface area contributed by atoms with E-state index in [0.717, 1.165) is 35.3 Å². The van der Waals surface area contributed by atoms with Crippen molar-refractivity contribution in [2.75, 3.05) is 13.2 Å². The third kappa shape index (κ3) is 6.78. The number of piperidine rings is 1. The van der Waals surface area contributed by atoms with Crippen LogP contribution < -0.4 is 0 Å². The molecular weight excluding hydrogens is 462 g/mol. The molecule has 0 radical (unpaired) electrons. The van der Waals surface area contributed by atoms with E-state index in [-0.39, 0.29) is 24.5 Å². The molecule has 1 aromatic heterocycles. The van der Waals surface area contributed by atoms with Crippen molar-refractivity contribution in [1.82, 2.24) is 4.90 Å². The van der Waals surface area contributed by atoms with Crippen molar-refractivity contribution in [3.8, 4) is 10.4 Å². The van der Waals surface area contributed by atoms with E-state index in [1.807, 2.05) is 58.0 Å². The maximum atomic E-state index is 12.8. The van der Waals surface area contributed by atoms with Crippen LogP contribution in [0.25, 0.3) is 10.4 Å². The maximum Gasteiger partial charge on any atom is 0.410 e. The molecule has 8 heteroatoms. The van der Waals surface area contributed by atoms with Gasteiger partial charge in [-0.3, -0.25) is 5.41 Å². The van der Waals surface area contributed by atoms with Crippen LogP contribution in [0.2, 0.25) is 0 Å². The molecule has 0 spiro atoms. The average molecular weight is 498 g/mol. The largest absolute Gasteiger partial charge is 0.461 e. The highest BCUT2D eigenvalue weighted by atomic mass is 32.1. The molecular formula is C27H35N3O4S. The molecule has 7 nitrogen and oxygen atoms in total. The molecule has 1 fully saturated rings. The predicted molar refractivity (Wildman–Crippen MR) is 140 cm³/mol. The van der Waals surface area contributed by atoms with Gasteiger partial charge in [0.05, 0.1) is 11.5 Å². The molecule has 1 aromatic carbocycles. The number of ether oxygens (including phenoxy) is 2. The van der Waals surface area contributed by atoms with Crippen LogP contribution in [0.15, 0.2) is 30.3 Å². The summed E-state index contributed by atoms with van der Waals surface area (Å²) in [5.74, 6) is -0.702. The Bertz CT molecular complexity index is 1100. The zero-order chi connectivity index (χ0) is 25.8. The Balaban J connectivity index is 1.91. The third-order valence-electron chi connectivity index (χ3n) is 5.79. The smallest absolute Gasteiger partial charge is 0.410 e. The molecule has 35 heavy (non-hydrogen) atoms. The van der Waals surface area contributed by atoms with Crippen LogP contribution in [-0.2, 0) is 14.3 Å². The lowest BCUT2D eigenvalue weighted by atomic mass is 9.94. The Morgan fingerprint density at radius 3 is 2.46 bits per heavy atom. The van der Waals surface area contributed by atoms with Gasteiger partial charge in [0.1, 0.15) is 5.60 Å². The van der Waals surface area contributed by atoms with Gasteiger partial charge in [-0.2, -0.15) is 0 Å². The lowest BCUT2D eigenvalue weighted by Crippen LogP contribution is -2.47. The highest BCUT2D eigenvalue weighted by Gasteiger charge is 2.32. The van der Waals surface area contributed by atoms with Crippen LogP contribution in [0.5, 0.6) is 0 Å². The number of amides is 1. The minimum atomic E-state index is -0.702. The van der Waals surface area contributed by atoms with Crippen molar-refractivity contribution in [3.05, 3.63) is 46.3 Å². The number of benzene rings is 1. The van der Waals surface area contributed by atoms with Gasteiger partial charge in [-0.1, -0.05) is 29.8 Å². The van der Waals surface area contributed by atoms with Gasteiger partial charge in [0, 0.05) is 35.2 Å². The van der Waals surface area contributed by atoms with Gasteiger partial charge >= 0.3 is 12.1 Å². The van der Waals surface area contributed by atoms with E-state index in [2.05, 4.69) is 0 Å². The minimum Gasteiger partial charge on any atom is -0.461 e. The van der Waals surface area contributed by atoms with E-state index >= 15 is 0 Å². The maximum absolute atomic E-state index is 12.8. The molecule has 1 atom stereocenters. The summed E-state index contributed by atoms with van der Waals surface area (Å²) in [5, 5.41) is 17.4. The molecule has 2 heterocycles. The number of hydrogen-bond acceptors (Lipinski definition) is 7. The normalized spacial score (nSPS) is 16.0. The van der Waals surface area contributed by atoms with Crippen LogP contribution in [0, 0.1) is 17.7 Å². The topological polar surface area (TPSA) is 104 Å². The first-order chi connectivity index (χ1) is 16.5. The summed E-state index contributed by atoms with van der Waals surface area (Å²) in [6.45, 7) is 10.0. The first-order valence-corrected chi connectivity index (χ1v) is 12.9. The predicted octanol–water partition coefficient (Wildman–Crippen LogP) is 6.20. The lowest BCUT2D eigenvalue weighted by molar-refractivity contribution is -0.135. The standard InChI is InChI=1S/C27H35N3O4S/c1-6-33-25(31)23(29)24-20(16-22(35-24)18-12-10-17(2)11-13-18)21(28)15-19-9-7-8-14-30(19)26(32)34-27(3,4)5/h10-13,16,19,28-29H,6-9,14-15H2,1-5H3. The summed E-state index contributed by atoms with van der Waals surface area (Å²) in [6.07, 6.45) is 2.62. The van der Waals surface area contributed by atoms with Crippen molar-refractivity contribution >= 4 is 34.8 Å². The average Bonchev–Trinajstić information content (AvgIpc) is 3.24. The number of hydrogen-bond donors (Lipinski definition) is 2. The number of aryl methyl sites for hydroxylation is 1. The second-order valence-corrected chi connectivity index (χ2v) is 10.9. The van der Waals surface area contributed by atoms with E-state index in [9.17, 15) is 9.59 Å². The highest BCUT2D eigenvalue weighted by Crippen LogP contribution is 2.34. The molecule has 188 valence electrons. The van der Waals surface area contributed by atoms with E-state index in [4.69, 9.17) is 20.3 Å². The molecule has 0 saturated carbocycles. The number of carbonyl (C=O) groups excluding carboxylic acids is 2. The van der Waals surface area contributed by atoms with E-state index < -0.39 is 11.6 Å². The van der Waals surface area contributed by atoms with Crippen LogP contribution in [0.1, 0.15) is 69.4 Å². The fraction of sp³-hybridized carbons (Fsp3) is 0.481. The molecule has 2 N–H and O–H groups in total. The molecule has 1 saturated heterocycles. The first kappa shape index (κ1) is 26.6. The molecule has 1 amide bonds. The van der Waals surface area contributed by atoms with Crippen molar-refractivity contribution in [3.63, 3.8) is 0 Å². The second kappa shape index (κ2) is 11.2. The van der Waals surface area contributed by atoms with Crippen LogP contribution in [0.4, 0.5) is 4.79 Å². The first-order valence-electron chi connectivity index (χ1n) is 12.0. The Labute approximate surface area is 211 Å². The summed E-state index contributed by atoms with van der Waals surface area (Å²) in [4.78, 5) is 28.3. The molecule has 1 aliphatic rings. The molecule has 3 rings (SSSR count). The second-order valence-electron chi connectivity index (χ2n) is 9.82. The minimum absolute atomic E-state index is 0.168. The van der Waals surface area contributed by atoms with Crippen molar-refractivity contribution in [2.45, 2.75) is 71.9 Å². The van der Waals surface area contributed by atoms with Gasteiger partial charge in [-0.25, -0.2) is 9.59 Å². The number of nitrogens with zero attached hydrogens (tertiary/aromatic N) is 1. The quantitative estimate of drug-likeness (QED) is 0.351. The van der Waals surface area contributed by atoms with Crippen molar-refractivity contribution < 1.29 is 19.1 Å². The third-order valence-corrected chi connectivity index (χ3v) is 7.00. The summed E-state index contributed by atoms with van der Waals surface area (Å²) in [6, 6.07) is 9.73. The fourth-order valence-corrected chi connectivity index (χ4v) is 5.20. The number of thiophene rings is 1. The summed E-state index contributed by atoms with van der Waals surface area (Å²) >= 11 is 1.31. The number of nitrogens with one attached hydrogen (secondary N) is 2. The van der Waals surface area contributed by atoms with Gasteiger partial charge in [0.2, 0.25) is 0 Å². The summed E-state index contributed by atoms with van der Waals surface area (Å²) in [5.41, 5.74) is 2.10.